The number of aromatic amines is 1. The zero-order valence-corrected chi connectivity index (χ0v) is 9.87. The Kier molecular flexibility index (Phi) is 3.48. The minimum Gasteiger partial charge on any atom is -0.326 e. The number of hydrogen-bond donors (Lipinski definition) is 2. The molecule has 1 heterocycles. The van der Waals surface area contributed by atoms with Gasteiger partial charge in [-0.05, 0) is 11.6 Å². The van der Waals surface area contributed by atoms with E-state index in [4.69, 9.17) is 5.73 Å². The molecule has 0 aliphatic heterocycles. The quantitative estimate of drug-likeness (QED) is 0.892. The average molecular weight is 271 g/mol. The summed E-state index contributed by atoms with van der Waals surface area (Å²) in [6.45, 7) is -0.127. The Morgan fingerprint density at radius 3 is 2.47 bits per heavy atom. The monoisotopic (exact) mass is 271 g/mol. The first-order valence-electron chi connectivity index (χ1n) is 5.55. The summed E-state index contributed by atoms with van der Waals surface area (Å²) in [6, 6.07) is 5.16. The summed E-state index contributed by atoms with van der Waals surface area (Å²) in [6.07, 6.45) is -3.04. The molecule has 0 bridgehead atoms. The highest BCUT2D eigenvalue weighted by molar-refractivity contribution is 5.29. The third kappa shape index (κ3) is 2.70. The van der Waals surface area contributed by atoms with Gasteiger partial charge in [-0.25, -0.2) is 4.68 Å². The summed E-state index contributed by atoms with van der Waals surface area (Å²) in [5.41, 5.74) is 4.56. The number of hydrogen-bond acceptors (Lipinski definition) is 2. The number of alkyl halides is 3. The van der Waals surface area contributed by atoms with E-state index in [1.807, 2.05) is 0 Å². The Morgan fingerprint density at radius 1 is 1.21 bits per heavy atom. The Hall–Kier alpha value is -2.02. The van der Waals surface area contributed by atoms with Crippen molar-refractivity contribution in [3.8, 4) is 0 Å². The first-order chi connectivity index (χ1) is 8.93. The predicted octanol–water partition coefficient (Wildman–Crippen LogP) is 1.70. The van der Waals surface area contributed by atoms with Gasteiger partial charge in [0.25, 0.3) is 5.56 Å². The fraction of sp³-hybridized carbons (Fsp3) is 0.250. The van der Waals surface area contributed by atoms with E-state index >= 15 is 0 Å². The number of H-pyrrole nitrogens is 1. The molecule has 2 aromatic rings. The van der Waals surface area contributed by atoms with Crippen LogP contribution < -0.4 is 11.3 Å². The number of halogens is 3. The van der Waals surface area contributed by atoms with Crippen LogP contribution in [-0.4, -0.2) is 9.78 Å². The van der Waals surface area contributed by atoms with Crippen LogP contribution >= 0.6 is 0 Å². The van der Waals surface area contributed by atoms with Crippen LogP contribution in [0.15, 0.2) is 35.3 Å². The molecule has 0 saturated carbocycles. The van der Waals surface area contributed by atoms with Crippen molar-refractivity contribution in [1.29, 1.82) is 0 Å². The molecule has 1 aromatic carbocycles. The summed E-state index contributed by atoms with van der Waals surface area (Å²) in [7, 11) is 0. The minimum absolute atomic E-state index is 0.0301. The van der Waals surface area contributed by atoms with E-state index in [1.165, 1.54) is 24.4 Å². The molecule has 0 saturated heterocycles. The van der Waals surface area contributed by atoms with Crippen LogP contribution in [-0.2, 0) is 19.3 Å². The lowest BCUT2D eigenvalue weighted by molar-refractivity contribution is -0.138. The number of benzene rings is 1. The maximum atomic E-state index is 12.8. The lowest BCUT2D eigenvalue weighted by Crippen LogP contribution is -2.22. The molecule has 0 spiro atoms. The number of rotatable bonds is 3. The number of nitrogens with two attached hydrogens (primary N) is 1. The van der Waals surface area contributed by atoms with Gasteiger partial charge in [0.1, 0.15) is 0 Å². The van der Waals surface area contributed by atoms with Crippen molar-refractivity contribution in [3.63, 3.8) is 0 Å². The van der Waals surface area contributed by atoms with Crippen LogP contribution in [0.4, 0.5) is 13.2 Å². The van der Waals surface area contributed by atoms with E-state index in [2.05, 4.69) is 5.10 Å². The van der Waals surface area contributed by atoms with Crippen molar-refractivity contribution in [2.24, 2.45) is 5.73 Å². The summed E-state index contributed by atoms with van der Waals surface area (Å²) >= 11 is 0. The third-order valence-electron chi connectivity index (χ3n) is 2.79. The molecule has 0 unspecified atom stereocenters. The van der Waals surface area contributed by atoms with E-state index < -0.39 is 17.3 Å². The van der Waals surface area contributed by atoms with Gasteiger partial charge < -0.3 is 10.8 Å². The minimum atomic E-state index is -4.44. The Balaban J connectivity index is 2.39. The summed E-state index contributed by atoms with van der Waals surface area (Å²) in [5, 5.41) is 2.61. The molecule has 4 nitrogen and oxygen atoms in total. The van der Waals surface area contributed by atoms with Crippen LogP contribution in [0.2, 0.25) is 0 Å². The number of nitrogens with one attached hydrogen (secondary N) is 1. The van der Waals surface area contributed by atoms with Gasteiger partial charge in [-0.15, -0.1) is 0 Å². The molecule has 3 N–H and O–H groups in total. The fourth-order valence-electron chi connectivity index (χ4n) is 1.82. The largest absolute Gasteiger partial charge is 0.416 e. The first-order valence-corrected chi connectivity index (χ1v) is 5.55. The van der Waals surface area contributed by atoms with Crippen LogP contribution in [0.25, 0.3) is 0 Å². The molecule has 0 atom stereocenters. The summed E-state index contributed by atoms with van der Waals surface area (Å²) < 4.78 is 39.5. The second kappa shape index (κ2) is 4.93. The van der Waals surface area contributed by atoms with Crippen molar-refractivity contribution in [1.82, 2.24) is 9.78 Å². The third-order valence-corrected chi connectivity index (χ3v) is 2.79. The van der Waals surface area contributed by atoms with Crippen molar-refractivity contribution in [2.75, 3.05) is 0 Å². The molecule has 0 radical (unpaired) electrons. The maximum absolute atomic E-state index is 12.8. The Labute approximate surface area is 106 Å². The molecule has 1 aromatic heterocycles. The molecule has 0 aliphatic rings. The fourth-order valence-corrected chi connectivity index (χ4v) is 1.82. The molecule has 19 heavy (non-hydrogen) atoms. The number of nitrogens with zero attached hydrogens (tertiary/aromatic N) is 1. The first kappa shape index (κ1) is 13.4. The SMILES string of the molecule is NCc1c[nH]n(Cc2ccccc2C(F)(F)F)c1=O. The molecule has 0 amide bonds. The van der Waals surface area contributed by atoms with Crippen molar-refractivity contribution in [3.05, 3.63) is 57.5 Å². The molecular formula is C12H12F3N3O. The van der Waals surface area contributed by atoms with E-state index in [0.717, 1.165) is 10.7 Å². The van der Waals surface area contributed by atoms with Gasteiger partial charge in [0.05, 0.1) is 12.1 Å². The Bertz CT molecular complexity index is 628. The van der Waals surface area contributed by atoms with Gasteiger partial charge in [0.15, 0.2) is 0 Å². The average Bonchev–Trinajstić information content (AvgIpc) is 2.70. The smallest absolute Gasteiger partial charge is 0.326 e. The number of aromatic nitrogens is 2. The van der Waals surface area contributed by atoms with Crippen molar-refractivity contribution in [2.45, 2.75) is 19.3 Å². The summed E-state index contributed by atoms with van der Waals surface area (Å²) in [5.74, 6) is 0. The highest BCUT2D eigenvalue weighted by atomic mass is 19.4. The van der Waals surface area contributed by atoms with Crippen molar-refractivity contribution < 1.29 is 13.2 Å². The molecule has 2 rings (SSSR count). The van der Waals surface area contributed by atoms with E-state index in [1.54, 1.807) is 0 Å². The predicted molar refractivity (Wildman–Crippen MR) is 63.5 cm³/mol. The molecule has 7 heteroatoms. The molecular weight excluding hydrogens is 259 g/mol. The zero-order valence-electron chi connectivity index (χ0n) is 9.87. The second-order valence-electron chi connectivity index (χ2n) is 4.05. The van der Waals surface area contributed by atoms with Crippen LogP contribution in [0.3, 0.4) is 0 Å². The summed E-state index contributed by atoms with van der Waals surface area (Å²) in [4.78, 5) is 11.7. The molecule has 0 fully saturated rings. The van der Waals surface area contributed by atoms with Gasteiger partial charge in [-0.3, -0.25) is 4.79 Å². The van der Waals surface area contributed by atoms with Gasteiger partial charge in [0.2, 0.25) is 0 Å². The van der Waals surface area contributed by atoms with Gasteiger partial charge in [-0.1, -0.05) is 18.2 Å². The maximum Gasteiger partial charge on any atom is 0.416 e. The van der Waals surface area contributed by atoms with Crippen LogP contribution in [0.5, 0.6) is 0 Å². The lowest BCUT2D eigenvalue weighted by atomic mass is 10.1. The van der Waals surface area contributed by atoms with Crippen LogP contribution in [0, 0.1) is 0 Å². The van der Waals surface area contributed by atoms with E-state index in [-0.39, 0.29) is 18.7 Å². The lowest BCUT2D eigenvalue weighted by Gasteiger charge is -2.12. The second-order valence-corrected chi connectivity index (χ2v) is 4.05. The highest BCUT2D eigenvalue weighted by Crippen LogP contribution is 2.31. The molecule has 102 valence electrons. The topological polar surface area (TPSA) is 63.8 Å². The molecule has 0 aliphatic carbocycles. The van der Waals surface area contributed by atoms with Gasteiger partial charge in [0, 0.05) is 18.3 Å². The van der Waals surface area contributed by atoms with Crippen molar-refractivity contribution >= 4 is 0 Å². The standard InChI is InChI=1S/C12H12F3N3O/c13-12(14,15)10-4-2-1-3-8(10)7-18-11(19)9(5-16)6-17-18/h1-4,6,17H,5,7,16H2. The van der Waals surface area contributed by atoms with E-state index in [0.29, 0.717) is 5.56 Å². The van der Waals surface area contributed by atoms with E-state index in [9.17, 15) is 18.0 Å². The van der Waals surface area contributed by atoms with Gasteiger partial charge in [-0.2, -0.15) is 13.2 Å². The zero-order chi connectivity index (χ0) is 14.0. The van der Waals surface area contributed by atoms with Gasteiger partial charge >= 0.3 is 6.18 Å². The highest BCUT2D eigenvalue weighted by Gasteiger charge is 2.32. The Morgan fingerprint density at radius 2 is 1.89 bits per heavy atom. The normalized spacial score (nSPS) is 11.8. The van der Waals surface area contributed by atoms with Crippen LogP contribution in [0.1, 0.15) is 16.7 Å².